The second-order valence-corrected chi connectivity index (χ2v) is 10.6. The van der Waals surface area contributed by atoms with E-state index in [4.69, 9.17) is 10.5 Å². The highest BCUT2D eigenvalue weighted by molar-refractivity contribution is 5.78. The summed E-state index contributed by atoms with van der Waals surface area (Å²) in [6.45, 7) is 3.98. The van der Waals surface area contributed by atoms with Crippen LogP contribution >= 0.6 is 0 Å². The van der Waals surface area contributed by atoms with Gasteiger partial charge >= 0.3 is 0 Å². The van der Waals surface area contributed by atoms with Gasteiger partial charge in [-0.3, -0.25) is 19.7 Å². The summed E-state index contributed by atoms with van der Waals surface area (Å²) in [6.07, 6.45) is 8.24. The first kappa shape index (κ1) is 23.0. The molecule has 2 aliphatic heterocycles. The van der Waals surface area contributed by atoms with Gasteiger partial charge in [0.2, 0.25) is 5.91 Å². The standard InChI is InChI=1S/C29H33N5O2/c1-36-24-6-5-23(31-17-24)15-28(35)33-12-10-29(11-13-33)18-34(19-29)27-9-3-20-14-21(2-7-25(20)27)26-8-4-22(30)16-32-26/h2,4-8,14,16-17,27H,3,9-13,15,18-19,30H2,1H3/t27-/m1/s1. The van der Waals surface area contributed by atoms with E-state index in [-0.39, 0.29) is 5.91 Å². The molecule has 0 unspecified atom stereocenters. The monoisotopic (exact) mass is 483 g/mol. The summed E-state index contributed by atoms with van der Waals surface area (Å²) in [7, 11) is 1.62. The van der Waals surface area contributed by atoms with Crippen molar-refractivity contribution >= 4 is 11.6 Å². The number of fused-ring (bicyclic) bond motifs is 1. The Morgan fingerprint density at radius 2 is 1.92 bits per heavy atom. The Kier molecular flexibility index (Phi) is 5.88. The van der Waals surface area contributed by atoms with E-state index >= 15 is 0 Å². The van der Waals surface area contributed by atoms with Gasteiger partial charge in [0, 0.05) is 43.5 Å². The number of pyridine rings is 2. The summed E-state index contributed by atoms with van der Waals surface area (Å²) in [5.74, 6) is 0.889. The van der Waals surface area contributed by atoms with Crippen molar-refractivity contribution in [3.63, 3.8) is 0 Å². The summed E-state index contributed by atoms with van der Waals surface area (Å²) in [5.41, 5.74) is 12.7. The number of amides is 1. The van der Waals surface area contributed by atoms with Crippen LogP contribution in [0.2, 0.25) is 0 Å². The van der Waals surface area contributed by atoms with E-state index in [0.29, 0.717) is 29.3 Å². The Hall–Kier alpha value is -3.45. The predicted molar refractivity (Wildman–Crippen MR) is 139 cm³/mol. The first-order chi connectivity index (χ1) is 17.5. The fourth-order valence-electron chi connectivity index (χ4n) is 6.20. The van der Waals surface area contributed by atoms with Crippen LogP contribution in [0.5, 0.6) is 5.75 Å². The Morgan fingerprint density at radius 1 is 1.08 bits per heavy atom. The maximum atomic E-state index is 12.8. The fourth-order valence-corrected chi connectivity index (χ4v) is 6.20. The van der Waals surface area contributed by atoms with Gasteiger partial charge in [0.25, 0.3) is 0 Å². The lowest BCUT2D eigenvalue weighted by Gasteiger charge is -2.56. The summed E-state index contributed by atoms with van der Waals surface area (Å²) < 4.78 is 5.16. The van der Waals surface area contributed by atoms with Crippen LogP contribution < -0.4 is 10.5 Å². The van der Waals surface area contributed by atoms with Crippen molar-refractivity contribution in [2.24, 2.45) is 5.41 Å². The molecule has 1 aliphatic carbocycles. The number of anilines is 1. The van der Waals surface area contributed by atoms with E-state index in [1.807, 2.05) is 29.2 Å². The van der Waals surface area contributed by atoms with Gasteiger partial charge in [-0.25, -0.2) is 0 Å². The van der Waals surface area contributed by atoms with Crippen LogP contribution in [0, 0.1) is 5.41 Å². The number of benzene rings is 1. The summed E-state index contributed by atoms with van der Waals surface area (Å²) in [6, 6.07) is 15.0. The zero-order valence-corrected chi connectivity index (χ0v) is 20.8. The molecule has 7 nitrogen and oxygen atoms in total. The molecule has 3 aromatic rings. The van der Waals surface area contributed by atoms with Crippen LogP contribution in [0.3, 0.4) is 0 Å². The van der Waals surface area contributed by atoms with Crippen LogP contribution in [0.4, 0.5) is 5.69 Å². The number of aromatic nitrogens is 2. The van der Waals surface area contributed by atoms with Crippen LogP contribution in [0.15, 0.2) is 54.9 Å². The number of piperidine rings is 1. The van der Waals surface area contributed by atoms with E-state index in [1.54, 1.807) is 19.5 Å². The molecule has 1 amide bonds. The molecule has 7 heteroatoms. The normalized spacial score (nSPS) is 20.7. The third-order valence-corrected chi connectivity index (χ3v) is 8.33. The Balaban J connectivity index is 1.03. The van der Waals surface area contributed by atoms with Crippen molar-refractivity contribution in [3.05, 3.63) is 71.7 Å². The molecule has 186 valence electrons. The highest BCUT2D eigenvalue weighted by atomic mass is 16.5. The second-order valence-electron chi connectivity index (χ2n) is 10.6. The molecule has 1 atom stereocenters. The first-order valence-electron chi connectivity index (χ1n) is 12.9. The highest BCUT2D eigenvalue weighted by Gasteiger charge is 2.48. The van der Waals surface area contributed by atoms with Gasteiger partial charge in [0.1, 0.15) is 5.75 Å². The van der Waals surface area contributed by atoms with Crippen LogP contribution in [-0.2, 0) is 17.6 Å². The van der Waals surface area contributed by atoms with Gasteiger partial charge < -0.3 is 15.4 Å². The number of hydrogen-bond donors (Lipinski definition) is 1. The predicted octanol–water partition coefficient (Wildman–Crippen LogP) is 3.89. The Labute approximate surface area is 212 Å². The third-order valence-electron chi connectivity index (χ3n) is 8.33. The van der Waals surface area contributed by atoms with Crippen molar-refractivity contribution in [2.45, 2.75) is 38.1 Å². The van der Waals surface area contributed by atoms with E-state index in [0.717, 1.165) is 62.4 Å². The average molecular weight is 484 g/mol. The van der Waals surface area contributed by atoms with Crippen molar-refractivity contribution in [3.8, 4) is 17.0 Å². The van der Waals surface area contributed by atoms with Crippen LogP contribution in [0.1, 0.15) is 42.1 Å². The topological polar surface area (TPSA) is 84.6 Å². The fraction of sp³-hybridized carbons (Fsp3) is 0.414. The van der Waals surface area contributed by atoms with Gasteiger partial charge in [-0.05, 0) is 72.6 Å². The number of rotatable bonds is 5. The van der Waals surface area contributed by atoms with Crippen LogP contribution in [-0.4, -0.2) is 59.0 Å². The molecule has 4 heterocycles. The molecular weight excluding hydrogens is 450 g/mol. The minimum Gasteiger partial charge on any atom is -0.495 e. The molecule has 1 spiro atoms. The van der Waals surface area contributed by atoms with Crippen molar-refractivity contribution in [1.82, 2.24) is 19.8 Å². The molecule has 0 bridgehead atoms. The molecule has 2 fully saturated rings. The maximum Gasteiger partial charge on any atom is 0.228 e. The van der Waals surface area contributed by atoms with Gasteiger partial charge in [0.05, 0.1) is 37.3 Å². The number of ether oxygens (including phenoxy) is 1. The molecule has 2 N–H and O–H groups in total. The number of aryl methyl sites for hydroxylation is 1. The average Bonchev–Trinajstić information content (AvgIpc) is 3.31. The van der Waals surface area contributed by atoms with Crippen molar-refractivity contribution < 1.29 is 9.53 Å². The maximum absolute atomic E-state index is 12.8. The smallest absolute Gasteiger partial charge is 0.228 e. The van der Waals surface area contributed by atoms with Gasteiger partial charge in [-0.1, -0.05) is 12.1 Å². The van der Waals surface area contributed by atoms with E-state index in [9.17, 15) is 4.79 Å². The number of nitrogen functional groups attached to an aromatic ring is 1. The minimum absolute atomic E-state index is 0.176. The van der Waals surface area contributed by atoms with E-state index in [2.05, 4.69) is 33.1 Å². The van der Waals surface area contributed by atoms with Gasteiger partial charge in [0.15, 0.2) is 0 Å². The second kappa shape index (κ2) is 9.21. The lowest BCUT2D eigenvalue weighted by molar-refractivity contribution is -0.136. The molecule has 0 saturated carbocycles. The molecule has 3 aliphatic rings. The number of carbonyl (C=O) groups excluding carboxylic acids is 1. The zero-order chi connectivity index (χ0) is 24.7. The number of carbonyl (C=O) groups is 1. The number of nitrogens with two attached hydrogens (primary N) is 1. The lowest BCUT2D eigenvalue weighted by atomic mass is 9.71. The molecule has 36 heavy (non-hydrogen) atoms. The quantitative estimate of drug-likeness (QED) is 0.593. The summed E-state index contributed by atoms with van der Waals surface area (Å²) >= 11 is 0. The number of nitrogens with zero attached hydrogens (tertiary/aromatic N) is 4. The van der Waals surface area contributed by atoms with Gasteiger partial charge in [-0.2, -0.15) is 0 Å². The SMILES string of the molecule is COc1ccc(CC(=O)N2CCC3(CC2)CN([C@@H]2CCc4cc(-c5ccc(N)cn5)ccc42)C3)nc1. The third kappa shape index (κ3) is 4.32. The van der Waals surface area contributed by atoms with E-state index < -0.39 is 0 Å². The zero-order valence-electron chi connectivity index (χ0n) is 20.8. The van der Waals surface area contributed by atoms with Crippen LogP contribution in [0.25, 0.3) is 11.3 Å². The molecule has 1 aromatic carbocycles. The largest absolute Gasteiger partial charge is 0.495 e. The van der Waals surface area contributed by atoms with Crippen molar-refractivity contribution in [1.29, 1.82) is 0 Å². The lowest BCUT2D eigenvalue weighted by Crippen LogP contribution is -2.61. The molecule has 6 rings (SSSR count). The van der Waals surface area contributed by atoms with E-state index in [1.165, 1.54) is 17.5 Å². The number of likely N-dealkylation sites (tertiary alicyclic amines) is 2. The first-order valence-corrected chi connectivity index (χ1v) is 12.9. The number of hydrogen-bond acceptors (Lipinski definition) is 6. The summed E-state index contributed by atoms with van der Waals surface area (Å²) in [4.78, 5) is 26.4. The minimum atomic E-state index is 0.176. The molecule has 2 aromatic heterocycles. The highest BCUT2D eigenvalue weighted by Crippen LogP contribution is 2.48. The van der Waals surface area contributed by atoms with Gasteiger partial charge in [-0.15, -0.1) is 0 Å². The molecule has 2 saturated heterocycles. The Bertz CT molecular complexity index is 1240. The Morgan fingerprint density at radius 3 is 2.61 bits per heavy atom. The summed E-state index contributed by atoms with van der Waals surface area (Å²) in [5, 5.41) is 0. The molecule has 0 radical (unpaired) electrons. The number of methoxy groups -OCH3 is 1. The molecular formula is C29H33N5O2. The van der Waals surface area contributed by atoms with Crippen molar-refractivity contribution in [2.75, 3.05) is 39.0 Å².